The predicted octanol–water partition coefficient (Wildman–Crippen LogP) is 1.30. The van der Waals surface area contributed by atoms with Gasteiger partial charge in [-0.2, -0.15) is 0 Å². The topological polar surface area (TPSA) is 49.6 Å². The van der Waals surface area contributed by atoms with E-state index in [1.807, 2.05) is 0 Å². The molecule has 0 radical (unpaired) electrons. The predicted molar refractivity (Wildman–Crippen MR) is 77.8 cm³/mol. The SMILES string of the molecule is CC1CC(N)CC(C(=O)N2CCC(N(C)C)CC2)C1. The third-order valence-corrected chi connectivity index (χ3v) is 4.83. The zero-order valence-electron chi connectivity index (χ0n) is 12.6. The summed E-state index contributed by atoms with van der Waals surface area (Å²) < 4.78 is 0. The number of likely N-dealkylation sites (tertiary alicyclic amines) is 1. The number of carbonyl (C=O) groups is 1. The van der Waals surface area contributed by atoms with Crippen LogP contribution in [0.25, 0.3) is 0 Å². The Bertz CT molecular complexity index is 301. The molecule has 1 saturated carbocycles. The molecule has 2 N–H and O–H groups in total. The van der Waals surface area contributed by atoms with Crippen molar-refractivity contribution >= 4 is 5.91 Å². The summed E-state index contributed by atoms with van der Waals surface area (Å²) in [7, 11) is 4.26. The van der Waals surface area contributed by atoms with Crippen LogP contribution in [0.1, 0.15) is 39.0 Å². The van der Waals surface area contributed by atoms with Crippen molar-refractivity contribution in [2.75, 3.05) is 27.2 Å². The van der Waals surface area contributed by atoms with Crippen LogP contribution < -0.4 is 5.73 Å². The molecule has 2 aliphatic rings. The molecule has 0 spiro atoms. The number of piperidine rings is 1. The number of hydrogen-bond acceptors (Lipinski definition) is 3. The summed E-state index contributed by atoms with van der Waals surface area (Å²) in [5, 5.41) is 0. The lowest BCUT2D eigenvalue weighted by atomic mass is 9.79. The summed E-state index contributed by atoms with van der Waals surface area (Å²) in [6.45, 7) is 4.06. The normalized spacial score (nSPS) is 33.7. The Kier molecular flexibility index (Phi) is 4.85. The molecule has 1 aliphatic heterocycles. The fourth-order valence-corrected chi connectivity index (χ4v) is 3.72. The van der Waals surface area contributed by atoms with Crippen molar-refractivity contribution in [3.8, 4) is 0 Å². The third-order valence-electron chi connectivity index (χ3n) is 4.83. The van der Waals surface area contributed by atoms with Gasteiger partial charge in [0.05, 0.1) is 0 Å². The van der Waals surface area contributed by atoms with Crippen LogP contribution in [-0.2, 0) is 4.79 Å². The summed E-state index contributed by atoms with van der Waals surface area (Å²) in [5.41, 5.74) is 6.07. The van der Waals surface area contributed by atoms with E-state index in [4.69, 9.17) is 5.73 Å². The van der Waals surface area contributed by atoms with E-state index in [1.165, 1.54) is 0 Å². The van der Waals surface area contributed by atoms with Gasteiger partial charge in [0.1, 0.15) is 0 Å². The first-order valence-corrected chi connectivity index (χ1v) is 7.68. The number of rotatable bonds is 2. The van der Waals surface area contributed by atoms with Gasteiger partial charge in [0, 0.05) is 31.1 Å². The molecule has 2 fully saturated rings. The lowest BCUT2D eigenvalue weighted by Gasteiger charge is -2.39. The van der Waals surface area contributed by atoms with Crippen molar-refractivity contribution in [2.45, 2.75) is 51.1 Å². The Morgan fingerprint density at radius 2 is 1.79 bits per heavy atom. The standard InChI is InChI=1S/C15H29N3O/c1-11-8-12(10-13(16)9-11)15(19)18-6-4-14(5-7-18)17(2)3/h11-14H,4-10,16H2,1-3H3. The number of nitrogens with zero attached hydrogens (tertiary/aromatic N) is 2. The summed E-state index contributed by atoms with van der Waals surface area (Å²) in [4.78, 5) is 16.9. The highest BCUT2D eigenvalue weighted by atomic mass is 16.2. The van der Waals surface area contributed by atoms with Gasteiger partial charge >= 0.3 is 0 Å². The van der Waals surface area contributed by atoms with Gasteiger partial charge in [0.15, 0.2) is 0 Å². The van der Waals surface area contributed by atoms with E-state index >= 15 is 0 Å². The van der Waals surface area contributed by atoms with Crippen molar-refractivity contribution in [2.24, 2.45) is 17.6 Å². The highest BCUT2D eigenvalue weighted by Crippen LogP contribution is 2.30. The van der Waals surface area contributed by atoms with E-state index in [-0.39, 0.29) is 12.0 Å². The van der Waals surface area contributed by atoms with E-state index in [2.05, 4.69) is 30.8 Å². The van der Waals surface area contributed by atoms with Crippen LogP contribution in [0.15, 0.2) is 0 Å². The Morgan fingerprint density at radius 1 is 1.16 bits per heavy atom. The zero-order valence-corrected chi connectivity index (χ0v) is 12.6. The smallest absolute Gasteiger partial charge is 0.225 e. The largest absolute Gasteiger partial charge is 0.342 e. The van der Waals surface area contributed by atoms with Crippen LogP contribution >= 0.6 is 0 Å². The van der Waals surface area contributed by atoms with Crippen molar-refractivity contribution in [3.63, 3.8) is 0 Å². The van der Waals surface area contributed by atoms with Crippen LogP contribution in [0.5, 0.6) is 0 Å². The molecular weight excluding hydrogens is 238 g/mol. The van der Waals surface area contributed by atoms with Gasteiger partial charge in [0.25, 0.3) is 0 Å². The fourth-order valence-electron chi connectivity index (χ4n) is 3.72. The van der Waals surface area contributed by atoms with Crippen molar-refractivity contribution in [1.29, 1.82) is 0 Å². The van der Waals surface area contributed by atoms with Crippen LogP contribution in [0, 0.1) is 11.8 Å². The number of amides is 1. The van der Waals surface area contributed by atoms with Crippen molar-refractivity contribution in [3.05, 3.63) is 0 Å². The van der Waals surface area contributed by atoms with Crippen LogP contribution in [-0.4, -0.2) is 55.0 Å². The minimum absolute atomic E-state index is 0.176. The first kappa shape index (κ1) is 14.8. The Hall–Kier alpha value is -0.610. The summed E-state index contributed by atoms with van der Waals surface area (Å²) in [6.07, 6.45) is 5.20. The first-order valence-electron chi connectivity index (χ1n) is 7.68. The second-order valence-corrected chi connectivity index (χ2v) is 6.79. The first-order chi connectivity index (χ1) is 8.97. The number of carbonyl (C=O) groups excluding carboxylic acids is 1. The highest BCUT2D eigenvalue weighted by molar-refractivity contribution is 5.79. The molecule has 1 aliphatic carbocycles. The Balaban J connectivity index is 1.87. The van der Waals surface area contributed by atoms with Crippen LogP contribution in [0.3, 0.4) is 0 Å². The third kappa shape index (κ3) is 3.69. The van der Waals surface area contributed by atoms with Crippen molar-refractivity contribution in [1.82, 2.24) is 9.80 Å². The molecule has 1 amide bonds. The van der Waals surface area contributed by atoms with E-state index in [0.29, 0.717) is 17.9 Å². The van der Waals surface area contributed by atoms with Crippen molar-refractivity contribution < 1.29 is 4.79 Å². The van der Waals surface area contributed by atoms with E-state index < -0.39 is 0 Å². The molecule has 0 bridgehead atoms. The van der Waals surface area contributed by atoms with Gasteiger partial charge in [0.2, 0.25) is 5.91 Å². The Labute approximate surface area is 117 Å². The molecule has 0 aromatic heterocycles. The molecule has 0 aromatic rings. The molecule has 4 heteroatoms. The maximum atomic E-state index is 12.6. The van der Waals surface area contributed by atoms with E-state index in [1.54, 1.807) is 0 Å². The maximum Gasteiger partial charge on any atom is 0.225 e. The molecule has 1 saturated heterocycles. The Morgan fingerprint density at radius 3 is 2.32 bits per heavy atom. The lowest BCUT2D eigenvalue weighted by molar-refractivity contribution is -0.138. The number of nitrogens with two attached hydrogens (primary N) is 1. The molecule has 19 heavy (non-hydrogen) atoms. The fraction of sp³-hybridized carbons (Fsp3) is 0.933. The zero-order chi connectivity index (χ0) is 14.0. The van der Waals surface area contributed by atoms with E-state index in [0.717, 1.165) is 45.2 Å². The quantitative estimate of drug-likeness (QED) is 0.820. The van der Waals surface area contributed by atoms with Gasteiger partial charge in [-0.25, -0.2) is 0 Å². The highest BCUT2D eigenvalue weighted by Gasteiger charge is 2.33. The molecular formula is C15H29N3O. The molecule has 2 rings (SSSR count). The van der Waals surface area contributed by atoms with Crippen LogP contribution in [0.2, 0.25) is 0 Å². The van der Waals surface area contributed by atoms with Gasteiger partial charge < -0.3 is 15.5 Å². The average molecular weight is 267 g/mol. The second kappa shape index (κ2) is 6.23. The molecule has 3 unspecified atom stereocenters. The monoisotopic (exact) mass is 267 g/mol. The van der Waals surface area contributed by atoms with Crippen LogP contribution in [0.4, 0.5) is 0 Å². The minimum Gasteiger partial charge on any atom is -0.342 e. The number of hydrogen-bond donors (Lipinski definition) is 1. The second-order valence-electron chi connectivity index (χ2n) is 6.79. The van der Waals surface area contributed by atoms with E-state index in [9.17, 15) is 4.79 Å². The maximum absolute atomic E-state index is 12.6. The molecule has 4 nitrogen and oxygen atoms in total. The summed E-state index contributed by atoms with van der Waals surface area (Å²) in [5.74, 6) is 1.13. The van der Waals surface area contributed by atoms with Gasteiger partial charge in [-0.1, -0.05) is 6.92 Å². The molecule has 1 heterocycles. The summed E-state index contributed by atoms with van der Waals surface area (Å²) >= 11 is 0. The molecule has 110 valence electrons. The molecule has 3 atom stereocenters. The molecule has 0 aromatic carbocycles. The minimum atomic E-state index is 0.176. The van der Waals surface area contributed by atoms with Gasteiger partial charge in [-0.15, -0.1) is 0 Å². The van der Waals surface area contributed by atoms with Gasteiger partial charge in [-0.3, -0.25) is 4.79 Å². The van der Waals surface area contributed by atoms with Gasteiger partial charge in [-0.05, 0) is 52.1 Å². The lowest BCUT2D eigenvalue weighted by Crippen LogP contribution is -2.48. The summed E-state index contributed by atoms with van der Waals surface area (Å²) in [6, 6.07) is 0.855. The average Bonchev–Trinajstić information content (AvgIpc) is 2.37.